The van der Waals surface area contributed by atoms with Crippen molar-refractivity contribution in [3.05, 3.63) is 65.2 Å². The van der Waals surface area contributed by atoms with Gasteiger partial charge in [-0.3, -0.25) is 10.1 Å². The minimum atomic E-state index is -0.203. The Morgan fingerprint density at radius 2 is 1.82 bits per heavy atom. The van der Waals surface area contributed by atoms with Crippen molar-refractivity contribution in [2.45, 2.75) is 13.5 Å². The van der Waals surface area contributed by atoms with Crippen LogP contribution in [0.5, 0.6) is 5.75 Å². The first kappa shape index (κ1) is 16.0. The van der Waals surface area contributed by atoms with Gasteiger partial charge in [0.2, 0.25) is 0 Å². The first-order valence-corrected chi connectivity index (χ1v) is 7.28. The molecule has 114 valence electrons. The fourth-order valence-electron chi connectivity index (χ4n) is 1.97. The van der Waals surface area contributed by atoms with E-state index in [2.05, 4.69) is 10.6 Å². The molecule has 0 unspecified atom stereocenters. The second kappa shape index (κ2) is 7.56. The summed E-state index contributed by atoms with van der Waals surface area (Å²) in [5.41, 5.74) is 2.59. The minimum Gasteiger partial charge on any atom is -0.497 e. The third-order valence-corrected chi connectivity index (χ3v) is 3.48. The molecule has 0 saturated heterocycles. The maximum atomic E-state index is 12.1. The Labute approximate surface area is 135 Å². The summed E-state index contributed by atoms with van der Waals surface area (Å²) in [5.74, 6) is 0.601. The first-order chi connectivity index (χ1) is 10.6. The Morgan fingerprint density at radius 1 is 1.14 bits per heavy atom. The number of thiocarbonyl (C=S) groups is 1. The number of aryl methyl sites for hydroxylation is 1. The van der Waals surface area contributed by atoms with Crippen molar-refractivity contribution in [3.63, 3.8) is 0 Å². The van der Waals surface area contributed by atoms with Crippen molar-refractivity contribution in [1.29, 1.82) is 0 Å². The van der Waals surface area contributed by atoms with Crippen molar-refractivity contribution >= 4 is 23.2 Å². The summed E-state index contributed by atoms with van der Waals surface area (Å²) >= 11 is 5.15. The molecule has 2 rings (SSSR count). The standard InChI is InChI=1S/C17H18N2O2S/c1-12-5-3-4-6-15(12)16(20)19-17(22)18-11-13-7-9-14(21-2)10-8-13/h3-10H,11H2,1-2H3,(H2,18,19,20,22). The Balaban J connectivity index is 1.87. The van der Waals surface area contributed by atoms with Gasteiger partial charge in [0.1, 0.15) is 5.75 Å². The molecule has 0 heterocycles. The second-order valence-electron chi connectivity index (χ2n) is 4.80. The van der Waals surface area contributed by atoms with Crippen LogP contribution in [0.2, 0.25) is 0 Å². The fraction of sp³-hybridized carbons (Fsp3) is 0.176. The molecular weight excluding hydrogens is 296 g/mol. The van der Waals surface area contributed by atoms with Crippen molar-refractivity contribution in [3.8, 4) is 5.75 Å². The maximum absolute atomic E-state index is 12.1. The fourth-order valence-corrected chi connectivity index (χ4v) is 2.13. The molecule has 0 atom stereocenters. The molecule has 4 nitrogen and oxygen atoms in total. The number of hydrogen-bond acceptors (Lipinski definition) is 3. The van der Waals surface area contributed by atoms with Crippen LogP contribution in [-0.2, 0) is 6.54 Å². The Kier molecular flexibility index (Phi) is 5.49. The van der Waals surface area contributed by atoms with Gasteiger partial charge in [-0.15, -0.1) is 0 Å². The van der Waals surface area contributed by atoms with Crippen molar-refractivity contribution in [2.75, 3.05) is 7.11 Å². The molecule has 2 aromatic rings. The van der Waals surface area contributed by atoms with Crippen LogP contribution in [0.15, 0.2) is 48.5 Å². The zero-order valence-electron chi connectivity index (χ0n) is 12.6. The first-order valence-electron chi connectivity index (χ1n) is 6.88. The van der Waals surface area contributed by atoms with Crippen molar-refractivity contribution in [2.24, 2.45) is 0 Å². The van der Waals surface area contributed by atoms with Crippen LogP contribution in [0.3, 0.4) is 0 Å². The van der Waals surface area contributed by atoms with Crippen LogP contribution in [0, 0.1) is 6.92 Å². The molecule has 2 aromatic carbocycles. The average Bonchev–Trinajstić information content (AvgIpc) is 2.53. The topological polar surface area (TPSA) is 50.4 Å². The predicted molar refractivity (Wildman–Crippen MR) is 91.1 cm³/mol. The molecule has 0 bridgehead atoms. The summed E-state index contributed by atoms with van der Waals surface area (Å²) in [6.45, 7) is 2.43. The number of carbonyl (C=O) groups excluding carboxylic acids is 1. The molecule has 5 heteroatoms. The van der Waals surface area contributed by atoms with E-state index in [4.69, 9.17) is 17.0 Å². The highest BCUT2D eigenvalue weighted by atomic mass is 32.1. The van der Waals surface area contributed by atoms with Gasteiger partial charge in [-0.1, -0.05) is 30.3 Å². The average molecular weight is 314 g/mol. The second-order valence-corrected chi connectivity index (χ2v) is 5.21. The van der Waals surface area contributed by atoms with Crippen LogP contribution >= 0.6 is 12.2 Å². The van der Waals surface area contributed by atoms with E-state index in [1.54, 1.807) is 13.2 Å². The summed E-state index contributed by atoms with van der Waals surface area (Å²) in [6, 6.07) is 15.0. The van der Waals surface area contributed by atoms with Gasteiger partial charge in [0.05, 0.1) is 7.11 Å². The van der Waals surface area contributed by atoms with Gasteiger partial charge in [0.15, 0.2) is 5.11 Å². The van der Waals surface area contributed by atoms with E-state index in [9.17, 15) is 4.79 Å². The van der Waals surface area contributed by atoms with Gasteiger partial charge in [-0.05, 0) is 48.5 Å². The van der Waals surface area contributed by atoms with E-state index in [0.29, 0.717) is 17.2 Å². The molecule has 22 heavy (non-hydrogen) atoms. The van der Waals surface area contributed by atoms with Crippen molar-refractivity contribution in [1.82, 2.24) is 10.6 Å². The van der Waals surface area contributed by atoms with Crippen LogP contribution < -0.4 is 15.4 Å². The smallest absolute Gasteiger partial charge is 0.257 e. The zero-order chi connectivity index (χ0) is 15.9. The van der Waals surface area contributed by atoms with Gasteiger partial charge >= 0.3 is 0 Å². The quantitative estimate of drug-likeness (QED) is 0.852. The number of nitrogens with one attached hydrogen (secondary N) is 2. The lowest BCUT2D eigenvalue weighted by atomic mass is 10.1. The van der Waals surface area contributed by atoms with Crippen LogP contribution in [0.25, 0.3) is 0 Å². The summed E-state index contributed by atoms with van der Waals surface area (Å²) in [4.78, 5) is 12.1. The lowest BCUT2D eigenvalue weighted by molar-refractivity contribution is 0.0976. The summed E-state index contributed by atoms with van der Waals surface area (Å²) < 4.78 is 5.10. The molecular formula is C17H18N2O2S. The number of methoxy groups -OCH3 is 1. The minimum absolute atomic E-state index is 0.203. The largest absolute Gasteiger partial charge is 0.497 e. The van der Waals surface area contributed by atoms with Crippen molar-refractivity contribution < 1.29 is 9.53 Å². The number of rotatable bonds is 4. The Hall–Kier alpha value is -2.40. The van der Waals surface area contributed by atoms with Crippen LogP contribution in [0.1, 0.15) is 21.5 Å². The van der Waals surface area contributed by atoms with E-state index in [-0.39, 0.29) is 5.91 Å². The summed E-state index contributed by atoms with van der Waals surface area (Å²) in [6.07, 6.45) is 0. The number of benzene rings is 2. The van der Waals surface area contributed by atoms with Gasteiger partial charge in [0, 0.05) is 12.1 Å². The van der Waals surface area contributed by atoms with Gasteiger partial charge in [-0.2, -0.15) is 0 Å². The molecule has 0 radical (unpaired) electrons. The number of hydrogen-bond donors (Lipinski definition) is 2. The van der Waals surface area contributed by atoms with Gasteiger partial charge in [-0.25, -0.2) is 0 Å². The summed E-state index contributed by atoms with van der Waals surface area (Å²) in [7, 11) is 1.63. The Morgan fingerprint density at radius 3 is 2.45 bits per heavy atom. The highest BCUT2D eigenvalue weighted by Gasteiger charge is 2.09. The molecule has 0 aliphatic carbocycles. The predicted octanol–water partition coefficient (Wildman–Crippen LogP) is 2.81. The van der Waals surface area contributed by atoms with Crippen LogP contribution in [-0.4, -0.2) is 18.1 Å². The number of amides is 1. The highest BCUT2D eigenvalue weighted by molar-refractivity contribution is 7.80. The molecule has 0 fully saturated rings. The van der Waals surface area contributed by atoms with E-state index in [1.165, 1.54) is 0 Å². The summed E-state index contributed by atoms with van der Waals surface area (Å²) in [5, 5.41) is 6.01. The molecule has 0 saturated carbocycles. The number of ether oxygens (including phenoxy) is 1. The molecule has 1 amide bonds. The normalized spacial score (nSPS) is 9.91. The maximum Gasteiger partial charge on any atom is 0.257 e. The third kappa shape index (κ3) is 4.30. The van der Waals surface area contributed by atoms with Gasteiger partial charge in [0.25, 0.3) is 5.91 Å². The molecule has 0 aliphatic rings. The lowest BCUT2D eigenvalue weighted by Crippen LogP contribution is -2.39. The molecule has 0 aromatic heterocycles. The highest BCUT2D eigenvalue weighted by Crippen LogP contribution is 2.11. The SMILES string of the molecule is COc1ccc(CNC(=S)NC(=O)c2ccccc2C)cc1. The molecule has 0 aliphatic heterocycles. The lowest BCUT2D eigenvalue weighted by Gasteiger charge is -2.11. The number of carbonyl (C=O) groups is 1. The monoisotopic (exact) mass is 314 g/mol. The zero-order valence-corrected chi connectivity index (χ0v) is 13.4. The molecule has 0 spiro atoms. The Bertz CT molecular complexity index is 669. The van der Waals surface area contributed by atoms with E-state index in [0.717, 1.165) is 16.9 Å². The van der Waals surface area contributed by atoms with E-state index in [1.807, 2.05) is 49.4 Å². The van der Waals surface area contributed by atoms with Crippen LogP contribution in [0.4, 0.5) is 0 Å². The third-order valence-electron chi connectivity index (χ3n) is 3.23. The van der Waals surface area contributed by atoms with Gasteiger partial charge < -0.3 is 10.1 Å². The van der Waals surface area contributed by atoms with E-state index >= 15 is 0 Å². The molecule has 2 N–H and O–H groups in total. The van der Waals surface area contributed by atoms with E-state index < -0.39 is 0 Å².